The summed E-state index contributed by atoms with van der Waals surface area (Å²) in [5.41, 5.74) is 0. The smallest absolute Gasteiger partial charge is 0.111 e. The minimum atomic E-state index is -1.49. The molecule has 0 aromatic rings. The summed E-state index contributed by atoms with van der Waals surface area (Å²) in [6, 6.07) is 0. The van der Waals surface area contributed by atoms with Crippen LogP contribution in [0.2, 0.25) is 0 Å². The van der Waals surface area contributed by atoms with Crippen LogP contribution in [-0.4, -0.2) is 117 Å². The molecule has 10 heteroatoms. The van der Waals surface area contributed by atoms with E-state index in [9.17, 15) is 30.6 Å². The Morgan fingerprint density at radius 2 is 1.04 bits per heavy atom. The summed E-state index contributed by atoms with van der Waals surface area (Å²) in [6.45, 7) is 0.901. The fourth-order valence-corrected chi connectivity index (χ4v) is 3.12. The molecule has 0 saturated carbocycles. The Morgan fingerprint density at radius 1 is 0.640 bits per heavy atom. The Morgan fingerprint density at radius 3 is 1.48 bits per heavy atom. The minimum absolute atomic E-state index is 0.142. The molecule has 2 saturated heterocycles. The molecule has 25 heavy (non-hydrogen) atoms. The van der Waals surface area contributed by atoms with Gasteiger partial charge in [0, 0.05) is 0 Å². The average Bonchev–Trinajstić information content (AvgIpc) is 2.61. The number of hydrogen-bond acceptors (Lipinski definition) is 10. The molecular weight excluding hydrogens is 340 g/mol. The van der Waals surface area contributed by atoms with Gasteiger partial charge in [-0.15, -0.1) is 0 Å². The lowest BCUT2D eigenvalue weighted by Crippen LogP contribution is -2.60. The number of rotatable bonds is 6. The molecule has 0 aromatic heterocycles. The lowest BCUT2D eigenvalue weighted by molar-refractivity contribution is -0.251. The van der Waals surface area contributed by atoms with Crippen molar-refractivity contribution < 1.29 is 50.0 Å². The van der Waals surface area contributed by atoms with Crippen LogP contribution in [0.1, 0.15) is 13.3 Å². The lowest BCUT2D eigenvalue weighted by atomic mass is 9.94. The fraction of sp³-hybridized carbons (Fsp3) is 1.00. The molecule has 2 fully saturated rings. The van der Waals surface area contributed by atoms with Crippen molar-refractivity contribution in [1.29, 1.82) is 0 Å². The van der Waals surface area contributed by atoms with E-state index in [4.69, 9.17) is 19.3 Å². The third-order valence-electron chi connectivity index (χ3n) is 4.77. The SMILES string of the molecule is CC[C@@H]1O[C@H](COC[C@@H]2O[C@H](CO)[C@@H](O)[C@H](O)[C@H]2O)[C@@H](O)[C@H](O)[C@H]1O. The van der Waals surface area contributed by atoms with Gasteiger partial charge in [0.1, 0.15) is 54.9 Å². The molecule has 10 atom stereocenters. The van der Waals surface area contributed by atoms with Gasteiger partial charge in [-0.3, -0.25) is 0 Å². The summed E-state index contributed by atoms with van der Waals surface area (Å²) in [7, 11) is 0. The first-order chi connectivity index (χ1) is 11.8. The molecule has 0 unspecified atom stereocenters. The van der Waals surface area contributed by atoms with Gasteiger partial charge >= 0.3 is 0 Å². The fourth-order valence-electron chi connectivity index (χ4n) is 3.12. The van der Waals surface area contributed by atoms with Gasteiger partial charge in [-0.05, 0) is 6.42 Å². The maximum absolute atomic E-state index is 9.97. The Kier molecular flexibility index (Phi) is 7.52. The summed E-state index contributed by atoms with van der Waals surface area (Å²) in [4.78, 5) is 0. The van der Waals surface area contributed by atoms with E-state index in [1.54, 1.807) is 6.92 Å². The van der Waals surface area contributed by atoms with E-state index in [2.05, 4.69) is 0 Å². The lowest BCUT2D eigenvalue weighted by Gasteiger charge is -2.41. The molecule has 0 aromatic carbocycles. The summed E-state index contributed by atoms with van der Waals surface area (Å²) < 4.78 is 16.2. The minimum Gasteiger partial charge on any atom is -0.394 e. The molecule has 148 valence electrons. The van der Waals surface area contributed by atoms with E-state index < -0.39 is 67.6 Å². The van der Waals surface area contributed by atoms with Crippen LogP contribution >= 0.6 is 0 Å². The Labute approximate surface area is 145 Å². The largest absolute Gasteiger partial charge is 0.394 e. The highest BCUT2D eigenvalue weighted by Crippen LogP contribution is 2.24. The molecule has 2 rings (SSSR count). The quantitative estimate of drug-likeness (QED) is 0.246. The second-order valence-corrected chi connectivity index (χ2v) is 6.50. The zero-order valence-corrected chi connectivity index (χ0v) is 14.0. The van der Waals surface area contributed by atoms with E-state index in [1.165, 1.54) is 0 Å². The van der Waals surface area contributed by atoms with E-state index in [0.29, 0.717) is 6.42 Å². The van der Waals surface area contributed by atoms with Crippen LogP contribution < -0.4 is 0 Å². The highest BCUT2D eigenvalue weighted by atomic mass is 16.6. The van der Waals surface area contributed by atoms with Crippen LogP contribution in [0.4, 0.5) is 0 Å². The molecule has 2 aliphatic heterocycles. The van der Waals surface area contributed by atoms with Gasteiger partial charge in [-0.1, -0.05) is 6.92 Å². The van der Waals surface area contributed by atoms with Gasteiger partial charge in [-0.2, -0.15) is 0 Å². The molecule has 2 aliphatic rings. The Hall–Kier alpha value is -0.400. The van der Waals surface area contributed by atoms with Gasteiger partial charge < -0.3 is 50.0 Å². The molecule has 0 spiro atoms. The van der Waals surface area contributed by atoms with Crippen molar-refractivity contribution in [1.82, 2.24) is 0 Å². The van der Waals surface area contributed by atoms with Gasteiger partial charge in [0.25, 0.3) is 0 Å². The molecule has 0 amide bonds. The standard InChI is InChI=1S/C15H28O10/c1-2-6-10(17)14(21)12(19)8(24-6)4-23-5-9-13(20)15(22)11(18)7(3-16)25-9/h6-22H,2-5H2,1H3/t6-,7+,8+,9-,10-,11+,12+,13-,14+,15-/m0/s1. The van der Waals surface area contributed by atoms with E-state index in [1.807, 2.05) is 0 Å². The highest BCUT2D eigenvalue weighted by Gasteiger charge is 2.45. The molecule has 0 aliphatic carbocycles. The third-order valence-corrected chi connectivity index (χ3v) is 4.77. The number of aliphatic hydroxyl groups excluding tert-OH is 7. The van der Waals surface area contributed by atoms with Gasteiger partial charge in [0.05, 0.1) is 25.9 Å². The van der Waals surface area contributed by atoms with Crippen LogP contribution in [0, 0.1) is 0 Å². The first-order valence-corrected chi connectivity index (χ1v) is 8.39. The summed E-state index contributed by atoms with van der Waals surface area (Å²) >= 11 is 0. The summed E-state index contributed by atoms with van der Waals surface area (Å²) in [5, 5.41) is 68.1. The Balaban J connectivity index is 1.87. The first kappa shape index (κ1) is 20.9. The topological polar surface area (TPSA) is 169 Å². The van der Waals surface area contributed by atoms with Gasteiger partial charge in [0.15, 0.2) is 0 Å². The average molecular weight is 368 g/mol. The van der Waals surface area contributed by atoms with E-state index >= 15 is 0 Å². The second-order valence-electron chi connectivity index (χ2n) is 6.50. The van der Waals surface area contributed by atoms with E-state index in [-0.39, 0.29) is 13.2 Å². The van der Waals surface area contributed by atoms with Crippen molar-refractivity contribution in [3.63, 3.8) is 0 Å². The van der Waals surface area contributed by atoms with Crippen molar-refractivity contribution in [3.05, 3.63) is 0 Å². The normalized spacial score (nSPS) is 48.5. The molecule has 7 N–H and O–H groups in total. The maximum atomic E-state index is 9.97. The van der Waals surface area contributed by atoms with Gasteiger partial charge in [0.2, 0.25) is 0 Å². The van der Waals surface area contributed by atoms with Crippen LogP contribution in [0.3, 0.4) is 0 Å². The molecular formula is C15H28O10. The number of aliphatic hydroxyl groups is 7. The van der Waals surface area contributed by atoms with Crippen molar-refractivity contribution in [2.45, 2.75) is 74.4 Å². The zero-order chi connectivity index (χ0) is 18.7. The van der Waals surface area contributed by atoms with Crippen LogP contribution in [0.25, 0.3) is 0 Å². The monoisotopic (exact) mass is 368 g/mol. The molecule has 0 radical (unpaired) electrons. The number of ether oxygens (including phenoxy) is 3. The molecule has 10 nitrogen and oxygen atoms in total. The van der Waals surface area contributed by atoms with E-state index in [0.717, 1.165) is 0 Å². The Bertz CT molecular complexity index is 370. The zero-order valence-electron chi connectivity index (χ0n) is 14.0. The summed E-state index contributed by atoms with van der Waals surface area (Å²) in [6.07, 6.45) is -11.3. The molecule has 0 bridgehead atoms. The van der Waals surface area contributed by atoms with Crippen molar-refractivity contribution in [2.75, 3.05) is 19.8 Å². The maximum Gasteiger partial charge on any atom is 0.111 e. The predicted molar refractivity (Wildman–Crippen MR) is 81.6 cm³/mol. The molecule has 2 heterocycles. The highest BCUT2D eigenvalue weighted by molar-refractivity contribution is 4.93. The van der Waals surface area contributed by atoms with Crippen LogP contribution in [0.15, 0.2) is 0 Å². The number of hydrogen-bond donors (Lipinski definition) is 7. The first-order valence-electron chi connectivity index (χ1n) is 8.39. The van der Waals surface area contributed by atoms with Crippen molar-refractivity contribution in [3.8, 4) is 0 Å². The van der Waals surface area contributed by atoms with Gasteiger partial charge in [-0.25, -0.2) is 0 Å². The second kappa shape index (κ2) is 9.00. The predicted octanol–water partition coefficient (Wildman–Crippen LogP) is -3.89. The van der Waals surface area contributed by atoms with Crippen LogP contribution in [0.5, 0.6) is 0 Å². The van der Waals surface area contributed by atoms with Crippen molar-refractivity contribution in [2.24, 2.45) is 0 Å². The summed E-state index contributed by atoms with van der Waals surface area (Å²) in [5.74, 6) is 0. The van der Waals surface area contributed by atoms with Crippen molar-refractivity contribution >= 4 is 0 Å². The third kappa shape index (κ3) is 4.48. The van der Waals surface area contributed by atoms with Crippen LogP contribution in [-0.2, 0) is 14.2 Å².